The molecule has 1 unspecified atom stereocenters. The van der Waals surface area contributed by atoms with Crippen molar-refractivity contribution >= 4 is 0 Å². The number of nitrogens with two attached hydrogens (primary N) is 1. The maximum absolute atomic E-state index is 5.47. The van der Waals surface area contributed by atoms with Crippen LogP contribution >= 0.6 is 0 Å². The lowest BCUT2D eigenvalue weighted by Crippen LogP contribution is -2.39. The Balaban J connectivity index is 2.28. The van der Waals surface area contributed by atoms with Gasteiger partial charge in [-0.15, -0.1) is 12.3 Å². The van der Waals surface area contributed by atoms with Crippen LogP contribution in [-0.2, 0) is 0 Å². The summed E-state index contributed by atoms with van der Waals surface area (Å²) >= 11 is 0. The van der Waals surface area contributed by atoms with Gasteiger partial charge in [-0.2, -0.15) is 0 Å². The zero-order valence-corrected chi connectivity index (χ0v) is 7.55. The Labute approximate surface area is 74.9 Å². The summed E-state index contributed by atoms with van der Waals surface area (Å²) in [5.74, 6) is 8.90. The Morgan fingerprint density at radius 2 is 2.17 bits per heavy atom. The van der Waals surface area contributed by atoms with Gasteiger partial charge in [0, 0.05) is 12.5 Å². The van der Waals surface area contributed by atoms with Crippen LogP contribution in [0.15, 0.2) is 0 Å². The van der Waals surface area contributed by atoms with Gasteiger partial charge >= 0.3 is 0 Å². The van der Waals surface area contributed by atoms with Gasteiger partial charge in [-0.05, 0) is 25.2 Å². The van der Waals surface area contributed by atoms with Gasteiger partial charge < -0.3 is 0 Å². The molecule has 1 saturated carbocycles. The summed E-state index contributed by atoms with van der Waals surface area (Å²) in [5, 5.41) is 0. The van der Waals surface area contributed by atoms with E-state index in [9.17, 15) is 0 Å². The monoisotopic (exact) mass is 166 g/mol. The summed E-state index contributed by atoms with van der Waals surface area (Å²) in [6, 6.07) is 0.448. The van der Waals surface area contributed by atoms with Gasteiger partial charge in [0.05, 0.1) is 0 Å². The maximum atomic E-state index is 5.47. The largest absolute Gasteiger partial charge is 0.271 e. The van der Waals surface area contributed by atoms with E-state index in [1.54, 1.807) is 0 Å². The molecule has 0 saturated heterocycles. The van der Waals surface area contributed by atoms with Gasteiger partial charge in [-0.1, -0.05) is 12.8 Å². The topological polar surface area (TPSA) is 38.0 Å². The minimum atomic E-state index is 0.448. The fraction of sp³-hybridized carbons (Fsp3) is 0.800. The van der Waals surface area contributed by atoms with Gasteiger partial charge in [0.25, 0.3) is 0 Å². The number of nitrogens with one attached hydrogen (secondary N) is 1. The molecular weight excluding hydrogens is 148 g/mol. The molecule has 0 heterocycles. The van der Waals surface area contributed by atoms with Crippen molar-refractivity contribution in [1.29, 1.82) is 0 Å². The summed E-state index contributed by atoms with van der Waals surface area (Å²) in [5.41, 5.74) is 2.88. The minimum Gasteiger partial charge on any atom is -0.271 e. The van der Waals surface area contributed by atoms with Gasteiger partial charge in [0.2, 0.25) is 0 Å². The smallest absolute Gasteiger partial charge is 0.0247 e. The zero-order valence-electron chi connectivity index (χ0n) is 7.55. The van der Waals surface area contributed by atoms with Crippen LogP contribution in [0.25, 0.3) is 0 Å². The maximum Gasteiger partial charge on any atom is 0.0247 e. The number of terminal acetylenes is 1. The average Bonchev–Trinajstić information content (AvgIpc) is 2.59. The lowest BCUT2D eigenvalue weighted by Gasteiger charge is -2.21. The molecular formula is C10H18N2. The molecule has 0 amide bonds. The van der Waals surface area contributed by atoms with E-state index in [1.807, 2.05) is 0 Å². The second-order valence-electron chi connectivity index (χ2n) is 3.56. The Morgan fingerprint density at radius 3 is 2.67 bits per heavy atom. The molecule has 1 aliphatic rings. The third-order valence-electron chi connectivity index (χ3n) is 2.78. The molecule has 1 aliphatic carbocycles. The van der Waals surface area contributed by atoms with Gasteiger partial charge in [0.15, 0.2) is 0 Å². The lowest BCUT2D eigenvalue weighted by atomic mass is 9.95. The van der Waals surface area contributed by atoms with E-state index >= 15 is 0 Å². The highest BCUT2D eigenvalue weighted by Crippen LogP contribution is 2.28. The molecule has 0 spiro atoms. The summed E-state index contributed by atoms with van der Waals surface area (Å²) in [7, 11) is 0. The van der Waals surface area contributed by atoms with Crippen molar-refractivity contribution < 1.29 is 0 Å². The lowest BCUT2D eigenvalue weighted by molar-refractivity contribution is 0.348. The Morgan fingerprint density at radius 1 is 1.50 bits per heavy atom. The first-order valence-electron chi connectivity index (χ1n) is 4.78. The van der Waals surface area contributed by atoms with Crippen LogP contribution in [0.4, 0.5) is 0 Å². The second-order valence-corrected chi connectivity index (χ2v) is 3.56. The Kier molecular flexibility index (Phi) is 4.13. The molecule has 68 valence electrons. The average molecular weight is 166 g/mol. The third-order valence-corrected chi connectivity index (χ3v) is 2.78. The zero-order chi connectivity index (χ0) is 8.81. The minimum absolute atomic E-state index is 0.448. The molecule has 3 N–H and O–H groups in total. The first-order chi connectivity index (χ1) is 5.88. The predicted octanol–water partition coefficient (Wildman–Crippen LogP) is 1.42. The molecule has 0 aromatic carbocycles. The third kappa shape index (κ3) is 2.51. The molecule has 0 aromatic heterocycles. The molecule has 1 atom stereocenters. The predicted molar refractivity (Wildman–Crippen MR) is 51.1 cm³/mol. The van der Waals surface area contributed by atoms with Gasteiger partial charge in [-0.25, -0.2) is 0 Å². The fourth-order valence-corrected chi connectivity index (χ4v) is 2.05. The SMILES string of the molecule is C#CCCC(NN)C1CCCC1. The van der Waals surface area contributed by atoms with Crippen molar-refractivity contribution in [3.8, 4) is 12.3 Å². The highest BCUT2D eigenvalue weighted by Gasteiger charge is 2.23. The summed E-state index contributed by atoms with van der Waals surface area (Å²) in [4.78, 5) is 0. The standard InChI is InChI=1S/C10H18N2/c1-2-3-8-10(12-11)9-6-4-5-7-9/h1,9-10,12H,3-8,11H2. The summed E-state index contributed by atoms with van der Waals surface area (Å²) in [6.07, 6.45) is 12.4. The molecule has 1 fully saturated rings. The van der Waals surface area contributed by atoms with E-state index in [-0.39, 0.29) is 0 Å². The van der Waals surface area contributed by atoms with Crippen molar-refractivity contribution in [1.82, 2.24) is 5.43 Å². The second kappa shape index (κ2) is 5.18. The van der Waals surface area contributed by atoms with Crippen molar-refractivity contribution in [3.63, 3.8) is 0 Å². The van der Waals surface area contributed by atoms with Crippen LogP contribution in [0, 0.1) is 18.3 Å². The Bertz CT molecular complexity index is 154. The number of hydrogen-bond donors (Lipinski definition) is 2. The summed E-state index contributed by atoms with van der Waals surface area (Å²) in [6.45, 7) is 0. The van der Waals surface area contributed by atoms with Crippen LogP contribution in [0.3, 0.4) is 0 Å². The van der Waals surface area contributed by atoms with Crippen molar-refractivity contribution in [2.24, 2.45) is 11.8 Å². The van der Waals surface area contributed by atoms with Crippen LogP contribution < -0.4 is 11.3 Å². The molecule has 0 aliphatic heterocycles. The molecule has 0 radical (unpaired) electrons. The van der Waals surface area contributed by atoms with Crippen molar-refractivity contribution in [3.05, 3.63) is 0 Å². The van der Waals surface area contributed by atoms with E-state index < -0.39 is 0 Å². The van der Waals surface area contributed by atoms with E-state index in [1.165, 1.54) is 25.7 Å². The quantitative estimate of drug-likeness (QED) is 0.376. The normalized spacial score (nSPS) is 20.7. The van der Waals surface area contributed by atoms with Gasteiger partial charge in [0.1, 0.15) is 0 Å². The number of hydrogen-bond acceptors (Lipinski definition) is 2. The number of hydrazine groups is 1. The molecule has 1 rings (SSSR count). The van der Waals surface area contributed by atoms with Crippen molar-refractivity contribution in [2.45, 2.75) is 44.6 Å². The van der Waals surface area contributed by atoms with E-state index in [0.29, 0.717) is 6.04 Å². The van der Waals surface area contributed by atoms with Crippen LogP contribution in [0.2, 0.25) is 0 Å². The molecule has 2 heteroatoms. The van der Waals surface area contributed by atoms with E-state index in [2.05, 4.69) is 11.3 Å². The fourth-order valence-electron chi connectivity index (χ4n) is 2.05. The van der Waals surface area contributed by atoms with Crippen LogP contribution in [0.5, 0.6) is 0 Å². The number of rotatable bonds is 4. The molecule has 0 bridgehead atoms. The molecule has 12 heavy (non-hydrogen) atoms. The molecule has 0 aromatic rings. The van der Waals surface area contributed by atoms with Gasteiger partial charge in [-0.3, -0.25) is 11.3 Å². The van der Waals surface area contributed by atoms with Crippen molar-refractivity contribution in [2.75, 3.05) is 0 Å². The van der Waals surface area contributed by atoms with E-state index in [4.69, 9.17) is 12.3 Å². The summed E-state index contributed by atoms with van der Waals surface area (Å²) < 4.78 is 0. The highest BCUT2D eigenvalue weighted by molar-refractivity contribution is 4.88. The highest BCUT2D eigenvalue weighted by atomic mass is 15.2. The first-order valence-corrected chi connectivity index (χ1v) is 4.78. The first kappa shape index (κ1) is 9.57. The van der Waals surface area contributed by atoms with Crippen LogP contribution in [0.1, 0.15) is 38.5 Å². The van der Waals surface area contributed by atoms with Crippen LogP contribution in [-0.4, -0.2) is 6.04 Å². The molecule has 2 nitrogen and oxygen atoms in total. The Hall–Kier alpha value is -0.520. The van der Waals surface area contributed by atoms with E-state index in [0.717, 1.165) is 18.8 Å².